The molecule has 0 fully saturated rings. The van der Waals surface area contributed by atoms with Gasteiger partial charge in [-0.3, -0.25) is 0 Å². The second-order valence-corrected chi connectivity index (χ2v) is 8.54. The molecule has 0 spiro atoms. The standard InChI is InChI=1S/C27H25N3OS/c28-17-21-11-13-22(14-12-21)20-32-27-29-18-25(19-31)30(27)16-15-26(23-7-3-1-4-8-23)24-9-5-2-6-10-24/h1-14,18,26,31H,15-16,19-20H2. The van der Waals surface area contributed by atoms with E-state index in [9.17, 15) is 5.11 Å². The minimum Gasteiger partial charge on any atom is -0.390 e. The maximum atomic E-state index is 9.87. The zero-order valence-corrected chi connectivity index (χ0v) is 18.6. The number of rotatable bonds is 9. The molecule has 160 valence electrons. The summed E-state index contributed by atoms with van der Waals surface area (Å²) < 4.78 is 2.13. The minimum absolute atomic E-state index is 0.0359. The average Bonchev–Trinajstić information content (AvgIpc) is 3.26. The summed E-state index contributed by atoms with van der Waals surface area (Å²) in [5.41, 5.74) is 5.20. The molecule has 0 saturated carbocycles. The first-order valence-corrected chi connectivity index (χ1v) is 11.6. The number of aromatic nitrogens is 2. The van der Waals surface area contributed by atoms with Crippen LogP contribution in [0.3, 0.4) is 0 Å². The summed E-state index contributed by atoms with van der Waals surface area (Å²) in [6, 6.07) is 30.9. The predicted molar refractivity (Wildman–Crippen MR) is 128 cm³/mol. The Hall–Kier alpha value is -3.33. The SMILES string of the molecule is N#Cc1ccc(CSc2ncc(CO)n2CCC(c2ccccc2)c2ccccc2)cc1. The zero-order valence-electron chi connectivity index (χ0n) is 17.8. The van der Waals surface area contributed by atoms with E-state index in [1.807, 2.05) is 36.4 Å². The lowest BCUT2D eigenvalue weighted by atomic mass is 9.88. The van der Waals surface area contributed by atoms with E-state index in [2.05, 4.69) is 64.2 Å². The van der Waals surface area contributed by atoms with Crippen molar-refractivity contribution in [2.24, 2.45) is 0 Å². The molecule has 0 aliphatic heterocycles. The lowest BCUT2D eigenvalue weighted by Gasteiger charge is -2.20. The fourth-order valence-electron chi connectivity index (χ4n) is 3.85. The molecule has 4 nitrogen and oxygen atoms in total. The zero-order chi connectivity index (χ0) is 22.2. The second kappa shape index (κ2) is 10.8. The lowest BCUT2D eigenvalue weighted by molar-refractivity contribution is 0.268. The van der Waals surface area contributed by atoms with Gasteiger partial charge in [-0.15, -0.1) is 0 Å². The van der Waals surface area contributed by atoms with Gasteiger partial charge in [0.2, 0.25) is 0 Å². The Bertz CT molecular complexity index is 1130. The number of imidazole rings is 1. The highest BCUT2D eigenvalue weighted by Crippen LogP contribution is 2.30. The summed E-state index contributed by atoms with van der Waals surface area (Å²) in [6.07, 6.45) is 2.67. The normalized spacial score (nSPS) is 10.9. The van der Waals surface area contributed by atoms with Crippen LogP contribution in [0.5, 0.6) is 0 Å². The third kappa shape index (κ3) is 5.28. The molecule has 3 aromatic carbocycles. The molecule has 0 aliphatic rings. The Morgan fingerprint density at radius 2 is 1.53 bits per heavy atom. The van der Waals surface area contributed by atoms with Crippen molar-refractivity contribution in [3.05, 3.63) is 119 Å². The monoisotopic (exact) mass is 439 g/mol. The Kier molecular flexibility index (Phi) is 7.39. The molecule has 4 aromatic rings. The van der Waals surface area contributed by atoms with Crippen molar-refractivity contribution in [3.8, 4) is 6.07 Å². The number of benzene rings is 3. The van der Waals surface area contributed by atoms with Gasteiger partial charge in [-0.25, -0.2) is 4.98 Å². The van der Waals surface area contributed by atoms with Crippen molar-refractivity contribution in [2.75, 3.05) is 0 Å². The van der Waals surface area contributed by atoms with Gasteiger partial charge in [-0.2, -0.15) is 5.26 Å². The van der Waals surface area contributed by atoms with Gasteiger partial charge in [0.15, 0.2) is 5.16 Å². The summed E-state index contributed by atoms with van der Waals surface area (Å²) in [5, 5.41) is 19.8. The molecular weight excluding hydrogens is 414 g/mol. The number of nitrogens with zero attached hydrogens (tertiary/aromatic N) is 3. The molecule has 0 bridgehead atoms. The van der Waals surface area contributed by atoms with Gasteiger partial charge in [0.25, 0.3) is 0 Å². The van der Waals surface area contributed by atoms with Crippen LogP contribution in [0.25, 0.3) is 0 Å². The van der Waals surface area contributed by atoms with Gasteiger partial charge in [0.1, 0.15) is 0 Å². The van der Waals surface area contributed by atoms with E-state index >= 15 is 0 Å². The summed E-state index contributed by atoms with van der Waals surface area (Å²) in [6.45, 7) is 0.728. The highest BCUT2D eigenvalue weighted by Gasteiger charge is 2.17. The Labute approximate surface area is 193 Å². The van der Waals surface area contributed by atoms with Crippen LogP contribution in [0, 0.1) is 11.3 Å². The van der Waals surface area contributed by atoms with Crippen molar-refractivity contribution in [2.45, 2.75) is 36.4 Å². The smallest absolute Gasteiger partial charge is 0.168 e. The highest BCUT2D eigenvalue weighted by molar-refractivity contribution is 7.98. The second-order valence-electron chi connectivity index (χ2n) is 7.60. The van der Waals surface area contributed by atoms with Crippen LogP contribution in [-0.4, -0.2) is 14.7 Å². The van der Waals surface area contributed by atoms with Crippen molar-refractivity contribution in [1.29, 1.82) is 5.26 Å². The van der Waals surface area contributed by atoms with Gasteiger partial charge >= 0.3 is 0 Å². The molecular formula is C27H25N3OS. The predicted octanol–water partition coefficient (Wildman–Crippen LogP) is 5.76. The molecule has 32 heavy (non-hydrogen) atoms. The van der Waals surface area contributed by atoms with E-state index in [0.717, 1.165) is 35.1 Å². The maximum absolute atomic E-state index is 9.87. The molecule has 0 aliphatic carbocycles. The third-order valence-corrected chi connectivity index (χ3v) is 6.62. The molecule has 0 saturated heterocycles. The topological polar surface area (TPSA) is 61.8 Å². The molecule has 4 rings (SSSR count). The number of hydrogen-bond acceptors (Lipinski definition) is 4. The van der Waals surface area contributed by atoms with E-state index in [1.165, 1.54) is 11.1 Å². The molecule has 1 N–H and O–H groups in total. The number of thioether (sulfide) groups is 1. The maximum Gasteiger partial charge on any atom is 0.168 e. The Morgan fingerprint density at radius 1 is 0.906 bits per heavy atom. The lowest BCUT2D eigenvalue weighted by Crippen LogP contribution is -2.10. The quantitative estimate of drug-likeness (QED) is 0.337. The molecule has 0 amide bonds. The summed E-state index contributed by atoms with van der Waals surface area (Å²) in [4.78, 5) is 4.57. The van der Waals surface area contributed by atoms with Crippen molar-refractivity contribution in [3.63, 3.8) is 0 Å². The van der Waals surface area contributed by atoms with Crippen molar-refractivity contribution in [1.82, 2.24) is 9.55 Å². The first-order valence-electron chi connectivity index (χ1n) is 10.7. The van der Waals surface area contributed by atoms with Crippen LogP contribution in [0.2, 0.25) is 0 Å². The first-order chi connectivity index (χ1) is 15.8. The van der Waals surface area contributed by atoms with Gasteiger partial charge in [-0.05, 0) is 35.2 Å². The van der Waals surface area contributed by atoms with Gasteiger partial charge in [-0.1, -0.05) is 84.6 Å². The van der Waals surface area contributed by atoms with Gasteiger partial charge in [0, 0.05) is 18.2 Å². The molecule has 1 aromatic heterocycles. The fourth-order valence-corrected chi connectivity index (χ4v) is 4.83. The Balaban J connectivity index is 1.52. The Morgan fingerprint density at radius 3 is 2.09 bits per heavy atom. The average molecular weight is 440 g/mol. The third-order valence-electron chi connectivity index (χ3n) is 5.56. The molecule has 0 radical (unpaired) electrons. The van der Waals surface area contributed by atoms with Gasteiger partial charge < -0.3 is 9.67 Å². The van der Waals surface area contributed by atoms with Crippen LogP contribution in [-0.2, 0) is 18.9 Å². The molecule has 0 unspecified atom stereocenters. The van der Waals surface area contributed by atoms with Gasteiger partial charge in [0.05, 0.1) is 30.1 Å². The van der Waals surface area contributed by atoms with Crippen LogP contribution in [0.4, 0.5) is 0 Å². The van der Waals surface area contributed by atoms with E-state index in [0.29, 0.717) is 5.56 Å². The summed E-state index contributed by atoms with van der Waals surface area (Å²) in [5.74, 6) is 1.02. The van der Waals surface area contributed by atoms with Crippen LogP contribution < -0.4 is 0 Å². The number of aliphatic hydroxyl groups excluding tert-OH is 1. The van der Waals surface area contributed by atoms with Crippen LogP contribution in [0.15, 0.2) is 96.3 Å². The van der Waals surface area contributed by atoms with E-state index in [4.69, 9.17) is 5.26 Å². The molecule has 1 heterocycles. The van der Waals surface area contributed by atoms with Crippen LogP contribution in [0.1, 0.15) is 40.3 Å². The number of hydrogen-bond donors (Lipinski definition) is 1. The number of nitriles is 1. The molecule has 5 heteroatoms. The van der Waals surface area contributed by atoms with Crippen molar-refractivity contribution >= 4 is 11.8 Å². The number of aliphatic hydroxyl groups is 1. The fraction of sp³-hybridized carbons (Fsp3) is 0.185. The minimum atomic E-state index is -0.0359. The summed E-state index contributed by atoms with van der Waals surface area (Å²) in [7, 11) is 0. The largest absolute Gasteiger partial charge is 0.390 e. The summed E-state index contributed by atoms with van der Waals surface area (Å²) >= 11 is 1.65. The van der Waals surface area contributed by atoms with Crippen LogP contribution >= 0.6 is 11.8 Å². The van der Waals surface area contributed by atoms with E-state index < -0.39 is 0 Å². The molecule has 0 atom stereocenters. The first kappa shape index (κ1) is 21.9. The van der Waals surface area contributed by atoms with E-state index in [-0.39, 0.29) is 12.5 Å². The van der Waals surface area contributed by atoms with Crippen molar-refractivity contribution < 1.29 is 5.11 Å². The van der Waals surface area contributed by atoms with E-state index in [1.54, 1.807) is 18.0 Å². The highest BCUT2D eigenvalue weighted by atomic mass is 32.2.